The van der Waals surface area contributed by atoms with Gasteiger partial charge in [0.15, 0.2) is 0 Å². The van der Waals surface area contributed by atoms with E-state index in [1.54, 1.807) is 12.1 Å². The first kappa shape index (κ1) is 16.7. The van der Waals surface area contributed by atoms with E-state index < -0.39 is 6.04 Å². The van der Waals surface area contributed by atoms with Gasteiger partial charge in [-0.05, 0) is 23.8 Å². The van der Waals surface area contributed by atoms with Crippen LogP contribution in [0.1, 0.15) is 22.0 Å². The molecule has 1 atom stereocenters. The van der Waals surface area contributed by atoms with Gasteiger partial charge < -0.3 is 15.2 Å². The van der Waals surface area contributed by atoms with Crippen LogP contribution in [0.5, 0.6) is 11.6 Å². The quantitative estimate of drug-likeness (QED) is 0.725. The van der Waals surface area contributed by atoms with Crippen molar-refractivity contribution in [3.63, 3.8) is 0 Å². The highest BCUT2D eigenvalue weighted by Crippen LogP contribution is 2.19. The van der Waals surface area contributed by atoms with Crippen molar-refractivity contribution in [1.29, 1.82) is 0 Å². The SMILES string of the molecule is O=C(NC(CO)c1ccccc1)c1ccc(Oc2ccccc2)nc1. The zero-order valence-electron chi connectivity index (χ0n) is 13.5. The molecule has 0 fully saturated rings. The molecule has 3 aromatic rings. The van der Waals surface area contributed by atoms with Crippen LogP contribution >= 0.6 is 0 Å². The summed E-state index contributed by atoms with van der Waals surface area (Å²) in [5, 5.41) is 12.3. The molecular formula is C20H18N2O3. The molecule has 0 spiro atoms. The zero-order chi connectivity index (χ0) is 17.5. The summed E-state index contributed by atoms with van der Waals surface area (Å²) in [5.74, 6) is 0.780. The van der Waals surface area contributed by atoms with Crippen molar-refractivity contribution in [3.8, 4) is 11.6 Å². The predicted molar refractivity (Wildman–Crippen MR) is 94.5 cm³/mol. The Labute approximate surface area is 145 Å². The van der Waals surface area contributed by atoms with E-state index in [1.807, 2.05) is 60.7 Å². The number of amides is 1. The largest absolute Gasteiger partial charge is 0.439 e. The molecule has 3 rings (SSSR count). The van der Waals surface area contributed by atoms with Gasteiger partial charge in [0.1, 0.15) is 5.75 Å². The summed E-state index contributed by atoms with van der Waals surface area (Å²) in [5.41, 5.74) is 1.24. The Bertz CT molecular complexity index is 805. The summed E-state index contributed by atoms with van der Waals surface area (Å²) in [4.78, 5) is 16.5. The van der Waals surface area contributed by atoms with E-state index in [2.05, 4.69) is 10.3 Å². The van der Waals surface area contributed by atoms with Gasteiger partial charge in [-0.25, -0.2) is 4.98 Å². The molecule has 0 saturated carbocycles. The van der Waals surface area contributed by atoms with E-state index in [4.69, 9.17) is 4.74 Å². The Morgan fingerprint density at radius 2 is 1.68 bits per heavy atom. The van der Waals surface area contributed by atoms with Crippen molar-refractivity contribution >= 4 is 5.91 Å². The third-order valence-electron chi connectivity index (χ3n) is 3.65. The molecular weight excluding hydrogens is 316 g/mol. The number of benzene rings is 2. The Balaban J connectivity index is 1.66. The average Bonchev–Trinajstić information content (AvgIpc) is 2.68. The van der Waals surface area contributed by atoms with Crippen molar-refractivity contribution in [3.05, 3.63) is 90.1 Å². The van der Waals surface area contributed by atoms with Gasteiger partial charge in [-0.2, -0.15) is 0 Å². The number of nitrogens with zero attached hydrogens (tertiary/aromatic N) is 1. The number of nitrogens with one attached hydrogen (secondary N) is 1. The van der Waals surface area contributed by atoms with Gasteiger partial charge in [0.2, 0.25) is 5.88 Å². The van der Waals surface area contributed by atoms with Crippen molar-refractivity contribution in [1.82, 2.24) is 10.3 Å². The van der Waals surface area contributed by atoms with E-state index >= 15 is 0 Å². The third-order valence-corrected chi connectivity index (χ3v) is 3.65. The molecule has 2 aromatic carbocycles. The monoisotopic (exact) mass is 334 g/mol. The Hall–Kier alpha value is -3.18. The second kappa shape index (κ2) is 8.08. The molecule has 0 aliphatic rings. The number of aliphatic hydroxyl groups excluding tert-OH is 1. The van der Waals surface area contributed by atoms with Crippen LogP contribution in [0, 0.1) is 0 Å². The molecule has 25 heavy (non-hydrogen) atoms. The minimum Gasteiger partial charge on any atom is -0.439 e. The van der Waals surface area contributed by atoms with Crippen LogP contribution in [0.2, 0.25) is 0 Å². The molecule has 0 radical (unpaired) electrons. The van der Waals surface area contributed by atoms with Gasteiger partial charge >= 0.3 is 0 Å². The van der Waals surface area contributed by atoms with Crippen molar-refractivity contribution in [2.24, 2.45) is 0 Å². The van der Waals surface area contributed by atoms with Crippen LogP contribution in [-0.2, 0) is 0 Å². The smallest absolute Gasteiger partial charge is 0.253 e. The second-order valence-corrected chi connectivity index (χ2v) is 5.42. The lowest BCUT2D eigenvalue weighted by Gasteiger charge is -2.16. The van der Waals surface area contributed by atoms with Gasteiger partial charge in [-0.1, -0.05) is 48.5 Å². The Morgan fingerprint density at radius 1 is 1.00 bits per heavy atom. The first-order valence-electron chi connectivity index (χ1n) is 7.92. The molecule has 2 N–H and O–H groups in total. The highest BCUT2D eigenvalue weighted by molar-refractivity contribution is 5.94. The number of ether oxygens (including phenoxy) is 1. The number of pyridine rings is 1. The number of aromatic nitrogens is 1. The Morgan fingerprint density at radius 3 is 2.28 bits per heavy atom. The van der Waals surface area contributed by atoms with Crippen LogP contribution in [0.3, 0.4) is 0 Å². The maximum atomic E-state index is 12.4. The standard InChI is InChI=1S/C20H18N2O3/c23-14-18(15-7-3-1-4-8-15)22-20(24)16-11-12-19(21-13-16)25-17-9-5-2-6-10-17/h1-13,18,23H,14H2,(H,22,24). The number of carbonyl (C=O) groups excluding carboxylic acids is 1. The fourth-order valence-corrected chi connectivity index (χ4v) is 2.35. The molecule has 0 aliphatic carbocycles. The number of hydrogen-bond acceptors (Lipinski definition) is 4. The molecule has 0 bridgehead atoms. The zero-order valence-corrected chi connectivity index (χ0v) is 13.5. The number of carbonyl (C=O) groups is 1. The minimum atomic E-state index is -0.464. The molecule has 0 aliphatic heterocycles. The van der Waals surface area contributed by atoms with Gasteiger partial charge in [0, 0.05) is 12.3 Å². The third kappa shape index (κ3) is 4.43. The van der Waals surface area contributed by atoms with E-state index in [0.29, 0.717) is 17.2 Å². The molecule has 1 heterocycles. The highest BCUT2D eigenvalue weighted by atomic mass is 16.5. The van der Waals surface area contributed by atoms with E-state index in [1.165, 1.54) is 6.20 Å². The molecule has 126 valence electrons. The maximum Gasteiger partial charge on any atom is 0.253 e. The van der Waals surface area contributed by atoms with Crippen molar-refractivity contribution < 1.29 is 14.6 Å². The van der Waals surface area contributed by atoms with Crippen molar-refractivity contribution in [2.45, 2.75) is 6.04 Å². The molecule has 5 nitrogen and oxygen atoms in total. The lowest BCUT2D eigenvalue weighted by molar-refractivity contribution is 0.0916. The van der Waals surface area contributed by atoms with Crippen LogP contribution in [0.15, 0.2) is 79.0 Å². The van der Waals surface area contributed by atoms with Gasteiger partial charge in [0.05, 0.1) is 18.2 Å². The molecule has 1 amide bonds. The number of aliphatic hydroxyl groups is 1. The topological polar surface area (TPSA) is 71.5 Å². The summed E-state index contributed by atoms with van der Waals surface area (Å²) in [6, 6.07) is 21.4. The van der Waals surface area contributed by atoms with Crippen LogP contribution in [0.25, 0.3) is 0 Å². The van der Waals surface area contributed by atoms with Gasteiger partial charge in [-0.3, -0.25) is 4.79 Å². The maximum absolute atomic E-state index is 12.4. The number of rotatable bonds is 6. The van der Waals surface area contributed by atoms with E-state index in [0.717, 1.165) is 5.56 Å². The fourth-order valence-electron chi connectivity index (χ4n) is 2.35. The van der Waals surface area contributed by atoms with Gasteiger partial charge in [0.25, 0.3) is 5.91 Å². The second-order valence-electron chi connectivity index (χ2n) is 5.42. The lowest BCUT2D eigenvalue weighted by Crippen LogP contribution is -2.30. The minimum absolute atomic E-state index is 0.182. The summed E-state index contributed by atoms with van der Waals surface area (Å²) in [7, 11) is 0. The number of hydrogen-bond donors (Lipinski definition) is 2. The molecule has 5 heteroatoms. The normalized spacial score (nSPS) is 11.6. The van der Waals surface area contributed by atoms with E-state index in [-0.39, 0.29) is 12.5 Å². The van der Waals surface area contributed by atoms with Gasteiger partial charge in [-0.15, -0.1) is 0 Å². The fraction of sp³-hybridized carbons (Fsp3) is 0.100. The summed E-state index contributed by atoms with van der Waals surface area (Å²) >= 11 is 0. The molecule has 1 unspecified atom stereocenters. The average molecular weight is 334 g/mol. The van der Waals surface area contributed by atoms with Crippen LogP contribution < -0.4 is 10.1 Å². The predicted octanol–water partition coefficient (Wildman–Crippen LogP) is 3.34. The first-order valence-corrected chi connectivity index (χ1v) is 7.92. The number of para-hydroxylation sites is 1. The summed E-state index contributed by atoms with van der Waals surface area (Å²) in [6.45, 7) is -0.182. The Kier molecular flexibility index (Phi) is 5.39. The van der Waals surface area contributed by atoms with Crippen molar-refractivity contribution in [2.75, 3.05) is 6.61 Å². The first-order chi connectivity index (χ1) is 12.3. The summed E-state index contributed by atoms with van der Waals surface area (Å²) in [6.07, 6.45) is 1.45. The summed E-state index contributed by atoms with van der Waals surface area (Å²) < 4.78 is 5.60. The van der Waals surface area contributed by atoms with E-state index in [9.17, 15) is 9.90 Å². The molecule has 1 aromatic heterocycles. The van der Waals surface area contributed by atoms with Crippen LogP contribution in [-0.4, -0.2) is 22.6 Å². The lowest BCUT2D eigenvalue weighted by atomic mass is 10.1. The highest BCUT2D eigenvalue weighted by Gasteiger charge is 2.15. The van der Waals surface area contributed by atoms with Crippen LogP contribution in [0.4, 0.5) is 0 Å². The molecule has 0 saturated heterocycles.